The van der Waals surface area contributed by atoms with Gasteiger partial charge < -0.3 is 19.7 Å². The van der Waals surface area contributed by atoms with Crippen LogP contribution < -0.4 is 0 Å². The van der Waals surface area contributed by atoms with Crippen LogP contribution in [0.3, 0.4) is 0 Å². The van der Waals surface area contributed by atoms with Crippen LogP contribution in [0.1, 0.15) is 83.3 Å². The maximum Gasteiger partial charge on any atom is 0.203 e. The molecule has 4 saturated carbocycles. The molecule has 7 atom stereocenters. The van der Waals surface area contributed by atoms with Crippen molar-refractivity contribution in [1.29, 1.82) is 0 Å². The second-order valence-corrected chi connectivity index (χ2v) is 12.3. The Balaban J connectivity index is 1.29. The molecule has 4 aliphatic carbocycles. The average Bonchev–Trinajstić information content (AvgIpc) is 3.41. The molecule has 4 aliphatic rings. The van der Waals surface area contributed by atoms with E-state index in [9.17, 15) is 15.3 Å². The Labute approximate surface area is 215 Å². The minimum atomic E-state index is -0.642. The lowest BCUT2D eigenvalue weighted by Crippen LogP contribution is -2.35. The first-order valence-corrected chi connectivity index (χ1v) is 13.9. The fourth-order valence-electron chi connectivity index (χ4n) is 7.56. The Morgan fingerprint density at radius 1 is 1.17 bits per heavy atom. The second kappa shape index (κ2) is 9.74. The van der Waals surface area contributed by atoms with Crippen LogP contribution in [0.4, 0.5) is 0 Å². The molecule has 0 aromatic carbocycles. The van der Waals surface area contributed by atoms with Gasteiger partial charge in [-0.1, -0.05) is 50.3 Å². The Kier molecular flexibility index (Phi) is 6.95. The maximum absolute atomic E-state index is 11.0. The highest BCUT2D eigenvalue weighted by atomic mass is 16.4. The normalized spacial score (nSPS) is 38.0. The number of rotatable bonds is 6. The van der Waals surface area contributed by atoms with Crippen molar-refractivity contribution in [3.05, 3.63) is 65.5 Å². The van der Waals surface area contributed by atoms with Gasteiger partial charge in [-0.3, -0.25) is 0 Å². The largest absolute Gasteiger partial charge is 0.445 e. The van der Waals surface area contributed by atoms with Crippen molar-refractivity contribution in [3.63, 3.8) is 0 Å². The summed E-state index contributed by atoms with van der Waals surface area (Å²) < 4.78 is 5.77. The summed E-state index contributed by atoms with van der Waals surface area (Å²) >= 11 is 0. The number of oxazole rings is 1. The zero-order valence-corrected chi connectivity index (χ0v) is 22.1. The van der Waals surface area contributed by atoms with E-state index < -0.39 is 18.3 Å². The molecule has 4 fully saturated rings. The summed E-state index contributed by atoms with van der Waals surface area (Å²) in [6, 6.07) is 0. The number of hydrogen-bond donors (Lipinski definition) is 3. The smallest absolute Gasteiger partial charge is 0.203 e. The van der Waals surface area contributed by atoms with E-state index in [0.717, 1.165) is 36.2 Å². The van der Waals surface area contributed by atoms with Gasteiger partial charge in [0.2, 0.25) is 5.89 Å². The summed E-state index contributed by atoms with van der Waals surface area (Å²) in [6.07, 6.45) is 17.4. The highest BCUT2D eigenvalue weighted by Crippen LogP contribution is 2.59. The van der Waals surface area contributed by atoms with Gasteiger partial charge in [-0.2, -0.15) is 0 Å². The number of hydrogen-bond acceptors (Lipinski definition) is 5. The predicted molar refractivity (Wildman–Crippen MR) is 141 cm³/mol. The zero-order chi connectivity index (χ0) is 25.7. The van der Waals surface area contributed by atoms with Crippen LogP contribution >= 0.6 is 0 Å². The van der Waals surface area contributed by atoms with Gasteiger partial charge in [-0.05, 0) is 92.6 Å². The van der Waals surface area contributed by atoms with Crippen molar-refractivity contribution in [3.8, 4) is 0 Å². The summed E-state index contributed by atoms with van der Waals surface area (Å²) in [5.74, 6) is 3.00. The first-order valence-electron chi connectivity index (χ1n) is 13.9. The van der Waals surface area contributed by atoms with Crippen LogP contribution in [0.2, 0.25) is 0 Å². The number of aliphatic hydroxyl groups is 3. The fourth-order valence-corrected chi connectivity index (χ4v) is 7.56. The lowest BCUT2D eigenvalue weighted by Gasteiger charge is -2.44. The van der Waals surface area contributed by atoms with Crippen LogP contribution in [-0.4, -0.2) is 38.6 Å². The zero-order valence-electron chi connectivity index (χ0n) is 22.1. The van der Waals surface area contributed by atoms with Gasteiger partial charge in [0.15, 0.2) is 0 Å². The third-order valence-electron chi connectivity index (χ3n) is 9.94. The molecule has 36 heavy (non-hydrogen) atoms. The van der Waals surface area contributed by atoms with Crippen molar-refractivity contribution in [2.75, 3.05) is 0 Å². The monoisotopic (exact) mass is 493 g/mol. The molecule has 1 aromatic heterocycles. The molecule has 1 aromatic rings. The van der Waals surface area contributed by atoms with Crippen molar-refractivity contribution < 1.29 is 19.7 Å². The molecule has 0 unspecified atom stereocenters. The van der Waals surface area contributed by atoms with Crippen molar-refractivity contribution in [2.24, 2.45) is 23.2 Å². The molecule has 0 aliphatic heterocycles. The summed E-state index contributed by atoms with van der Waals surface area (Å²) in [5, 5.41) is 31.3. The van der Waals surface area contributed by atoms with Gasteiger partial charge in [0.1, 0.15) is 5.76 Å². The van der Waals surface area contributed by atoms with Crippen LogP contribution in [0.15, 0.2) is 58.2 Å². The van der Waals surface area contributed by atoms with Crippen LogP contribution in [0.5, 0.6) is 0 Å². The highest BCUT2D eigenvalue weighted by Gasteiger charge is 2.54. The first kappa shape index (κ1) is 25.7. The molecule has 5 nitrogen and oxygen atoms in total. The first-order chi connectivity index (χ1) is 17.1. The Hall–Kier alpha value is -1.95. The Morgan fingerprint density at radius 2 is 1.94 bits per heavy atom. The molecule has 196 valence electrons. The van der Waals surface area contributed by atoms with Crippen molar-refractivity contribution in [1.82, 2.24) is 4.98 Å². The topological polar surface area (TPSA) is 86.7 Å². The molecule has 0 amide bonds. The third kappa shape index (κ3) is 4.59. The average molecular weight is 494 g/mol. The standard InChI is InChI=1S/C31H43NO4/c1-19(7-12-28(35)31(14-15-31)29-32-18-20(2)36-29)25-10-11-26-22(6-5-13-30(25,26)4)8-9-23-16-24(33)17-27(34)21(23)3/h7-9,12,18-19,24-28,33-35H,3,5-6,10-11,13-17H2,1-2,4H3/b12-7+,22-8+,23-9-/t19-,24+,25+,26-,27-,28+,30+/m0/s1. The van der Waals surface area contributed by atoms with E-state index in [1.807, 2.05) is 13.0 Å². The molecule has 0 spiro atoms. The number of aliphatic hydroxyl groups excluding tert-OH is 3. The van der Waals surface area contributed by atoms with E-state index in [2.05, 4.69) is 43.6 Å². The van der Waals surface area contributed by atoms with Gasteiger partial charge in [0.05, 0.1) is 29.9 Å². The quantitative estimate of drug-likeness (QED) is 0.442. The highest BCUT2D eigenvalue weighted by molar-refractivity contribution is 5.38. The van der Waals surface area contributed by atoms with Crippen LogP contribution in [-0.2, 0) is 5.41 Å². The molecule has 5 heteroatoms. The van der Waals surface area contributed by atoms with E-state index in [1.54, 1.807) is 6.20 Å². The maximum atomic E-state index is 11.0. The lowest BCUT2D eigenvalue weighted by molar-refractivity contribution is 0.0862. The van der Waals surface area contributed by atoms with E-state index in [1.165, 1.54) is 31.3 Å². The number of fused-ring (bicyclic) bond motifs is 1. The van der Waals surface area contributed by atoms with Gasteiger partial charge in [0, 0.05) is 6.42 Å². The fraction of sp³-hybridized carbons (Fsp3) is 0.645. The molecular formula is C31H43NO4. The van der Waals surface area contributed by atoms with E-state index in [4.69, 9.17) is 4.42 Å². The lowest BCUT2D eigenvalue weighted by atomic mass is 9.61. The van der Waals surface area contributed by atoms with Crippen LogP contribution in [0, 0.1) is 30.1 Å². The minimum absolute atomic E-state index is 0.247. The molecule has 0 radical (unpaired) electrons. The van der Waals surface area contributed by atoms with Crippen molar-refractivity contribution >= 4 is 0 Å². The summed E-state index contributed by atoms with van der Waals surface area (Å²) in [7, 11) is 0. The molecule has 0 bridgehead atoms. The number of aromatic nitrogens is 1. The number of aryl methyl sites for hydroxylation is 1. The minimum Gasteiger partial charge on any atom is -0.445 e. The van der Waals surface area contributed by atoms with Crippen molar-refractivity contribution in [2.45, 2.75) is 102 Å². The van der Waals surface area contributed by atoms with E-state index >= 15 is 0 Å². The molecular weight excluding hydrogens is 450 g/mol. The summed E-state index contributed by atoms with van der Waals surface area (Å²) in [5.41, 5.74) is 3.15. The summed E-state index contributed by atoms with van der Waals surface area (Å²) in [6.45, 7) is 10.8. The number of allylic oxidation sites excluding steroid dienone is 4. The Bertz CT molecular complexity index is 1080. The molecule has 1 heterocycles. The van der Waals surface area contributed by atoms with Gasteiger partial charge in [-0.25, -0.2) is 4.98 Å². The number of nitrogens with zero attached hydrogens (tertiary/aromatic N) is 1. The molecule has 0 saturated heterocycles. The van der Waals surface area contributed by atoms with E-state index in [0.29, 0.717) is 36.5 Å². The second-order valence-electron chi connectivity index (χ2n) is 12.3. The van der Waals surface area contributed by atoms with Crippen LogP contribution in [0.25, 0.3) is 0 Å². The summed E-state index contributed by atoms with van der Waals surface area (Å²) in [4.78, 5) is 4.41. The molecule has 3 N–H and O–H groups in total. The van der Waals surface area contributed by atoms with Gasteiger partial charge in [0.25, 0.3) is 0 Å². The Morgan fingerprint density at radius 3 is 2.64 bits per heavy atom. The SMILES string of the molecule is C=C1/C(=C\C=C2/CCC[C@]3(C)[C@@H]([C@@H](C)/C=C/[C@@H](O)C4(c5ncc(C)o5)CC4)CC[C@@H]23)C[C@@H](O)C[C@@H]1O. The van der Waals surface area contributed by atoms with E-state index in [-0.39, 0.29) is 10.8 Å². The predicted octanol–water partition coefficient (Wildman–Crippen LogP) is 5.71. The van der Waals surface area contributed by atoms with Gasteiger partial charge >= 0.3 is 0 Å². The third-order valence-corrected chi connectivity index (χ3v) is 9.94. The van der Waals surface area contributed by atoms with Gasteiger partial charge in [-0.15, -0.1) is 0 Å². The molecule has 5 rings (SSSR count).